The van der Waals surface area contributed by atoms with Crippen LogP contribution in [0.5, 0.6) is 0 Å². The molecule has 1 heterocycles. The van der Waals surface area contributed by atoms with Gasteiger partial charge in [0.05, 0.1) is 12.9 Å². The number of amides is 2. The molecule has 8 heteroatoms. The number of imidazole rings is 1. The first-order chi connectivity index (χ1) is 9.13. The second kappa shape index (κ2) is 8.09. The maximum atomic E-state index is 11.5. The van der Waals surface area contributed by atoms with E-state index in [1.165, 1.54) is 12.5 Å². The van der Waals surface area contributed by atoms with Gasteiger partial charge in [0.15, 0.2) is 0 Å². The summed E-state index contributed by atoms with van der Waals surface area (Å²) in [7, 11) is 0. The summed E-state index contributed by atoms with van der Waals surface area (Å²) in [6, 6.07) is -1.54. The standard InChI is InChI=1S/C11H18N4O4/c1-2-19-4-3-13-11(18)15-9(10(16)17)5-8-6-12-7-14-8/h6-7,9H,2-5H2,1H3,(H,12,14)(H,16,17)(H2,13,15,18). The fraction of sp³-hybridized carbons (Fsp3) is 0.545. The Bertz CT molecular complexity index is 393. The number of nitrogens with zero attached hydrogens (tertiary/aromatic N) is 1. The molecule has 0 fully saturated rings. The fourth-order valence-corrected chi connectivity index (χ4v) is 1.41. The molecule has 19 heavy (non-hydrogen) atoms. The van der Waals surface area contributed by atoms with Crippen molar-refractivity contribution in [1.29, 1.82) is 0 Å². The van der Waals surface area contributed by atoms with Crippen LogP contribution in [0.2, 0.25) is 0 Å². The van der Waals surface area contributed by atoms with Crippen LogP contribution in [-0.4, -0.2) is 52.9 Å². The van der Waals surface area contributed by atoms with E-state index in [2.05, 4.69) is 20.6 Å². The zero-order chi connectivity index (χ0) is 14.1. The second-order valence-electron chi connectivity index (χ2n) is 3.77. The van der Waals surface area contributed by atoms with E-state index in [9.17, 15) is 9.59 Å². The topological polar surface area (TPSA) is 116 Å². The minimum absolute atomic E-state index is 0.147. The lowest BCUT2D eigenvalue weighted by molar-refractivity contribution is -0.139. The van der Waals surface area contributed by atoms with Crippen LogP contribution in [0.1, 0.15) is 12.6 Å². The summed E-state index contributed by atoms with van der Waals surface area (Å²) < 4.78 is 5.05. The number of carboxylic acid groups (broad SMARTS) is 1. The smallest absolute Gasteiger partial charge is 0.326 e. The van der Waals surface area contributed by atoms with Gasteiger partial charge in [-0.3, -0.25) is 0 Å². The summed E-state index contributed by atoms with van der Waals surface area (Å²) in [6.45, 7) is 3.14. The van der Waals surface area contributed by atoms with Gasteiger partial charge in [0.2, 0.25) is 0 Å². The minimum Gasteiger partial charge on any atom is -0.480 e. The van der Waals surface area contributed by atoms with E-state index in [1.54, 1.807) is 0 Å². The number of rotatable bonds is 8. The predicted octanol–water partition coefficient (Wildman–Crippen LogP) is -0.259. The first kappa shape index (κ1) is 15.0. The van der Waals surface area contributed by atoms with Crippen molar-refractivity contribution in [2.45, 2.75) is 19.4 Å². The SMILES string of the molecule is CCOCCNC(=O)NC(Cc1cnc[nH]1)C(=O)O. The normalized spacial score (nSPS) is 11.8. The van der Waals surface area contributed by atoms with Crippen LogP contribution in [0.25, 0.3) is 0 Å². The first-order valence-electron chi connectivity index (χ1n) is 5.95. The maximum Gasteiger partial charge on any atom is 0.326 e. The molecule has 1 aromatic rings. The third-order valence-corrected chi connectivity index (χ3v) is 2.32. The lowest BCUT2D eigenvalue weighted by Crippen LogP contribution is -2.47. The Hall–Kier alpha value is -2.09. The monoisotopic (exact) mass is 270 g/mol. The Kier molecular flexibility index (Phi) is 6.37. The molecule has 0 spiro atoms. The highest BCUT2D eigenvalue weighted by molar-refractivity contribution is 5.82. The van der Waals surface area contributed by atoms with Crippen LogP contribution in [0.15, 0.2) is 12.5 Å². The summed E-state index contributed by atoms with van der Waals surface area (Å²) >= 11 is 0. The van der Waals surface area contributed by atoms with Gasteiger partial charge < -0.3 is 25.5 Å². The van der Waals surface area contributed by atoms with Crippen LogP contribution < -0.4 is 10.6 Å². The average Bonchev–Trinajstić information content (AvgIpc) is 2.86. The summed E-state index contributed by atoms with van der Waals surface area (Å²) in [5, 5.41) is 13.9. The number of nitrogens with one attached hydrogen (secondary N) is 3. The molecule has 1 rings (SSSR count). The van der Waals surface area contributed by atoms with E-state index in [-0.39, 0.29) is 6.42 Å². The molecule has 1 unspecified atom stereocenters. The van der Waals surface area contributed by atoms with E-state index in [1.807, 2.05) is 6.92 Å². The fourth-order valence-electron chi connectivity index (χ4n) is 1.41. The lowest BCUT2D eigenvalue weighted by atomic mass is 10.2. The molecule has 1 aromatic heterocycles. The third-order valence-electron chi connectivity index (χ3n) is 2.32. The van der Waals surface area contributed by atoms with Gasteiger partial charge in [0.1, 0.15) is 6.04 Å². The number of carbonyl (C=O) groups is 2. The number of ether oxygens (including phenoxy) is 1. The molecular formula is C11H18N4O4. The van der Waals surface area contributed by atoms with E-state index < -0.39 is 18.0 Å². The van der Waals surface area contributed by atoms with Crippen LogP contribution in [0.4, 0.5) is 4.79 Å². The molecular weight excluding hydrogens is 252 g/mol. The zero-order valence-electron chi connectivity index (χ0n) is 10.7. The van der Waals surface area contributed by atoms with Gasteiger partial charge >= 0.3 is 12.0 Å². The van der Waals surface area contributed by atoms with Crippen molar-refractivity contribution in [2.75, 3.05) is 19.8 Å². The molecule has 106 valence electrons. The molecule has 8 nitrogen and oxygen atoms in total. The number of H-pyrrole nitrogens is 1. The molecule has 0 aromatic carbocycles. The molecule has 0 radical (unpaired) electrons. The van der Waals surface area contributed by atoms with E-state index >= 15 is 0 Å². The van der Waals surface area contributed by atoms with Gasteiger partial charge in [0.25, 0.3) is 0 Å². The van der Waals surface area contributed by atoms with Gasteiger partial charge in [-0.2, -0.15) is 0 Å². The van der Waals surface area contributed by atoms with Gasteiger partial charge in [-0.05, 0) is 6.92 Å². The molecule has 1 atom stereocenters. The number of aromatic nitrogens is 2. The van der Waals surface area contributed by atoms with Gasteiger partial charge in [-0.15, -0.1) is 0 Å². The zero-order valence-corrected chi connectivity index (χ0v) is 10.7. The molecule has 0 aliphatic heterocycles. The summed E-state index contributed by atoms with van der Waals surface area (Å²) in [6.07, 6.45) is 3.12. The quantitative estimate of drug-likeness (QED) is 0.486. The van der Waals surface area contributed by atoms with Crippen molar-refractivity contribution in [3.05, 3.63) is 18.2 Å². The van der Waals surface area contributed by atoms with Crippen molar-refractivity contribution in [3.63, 3.8) is 0 Å². The number of aromatic amines is 1. The molecule has 0 saturated heterocycles. The predicted molar refractivity (Wildman–Crippen MR) is 66.7 cm³/mol. The van der Waals surface area contributed by atoms with Crippen molar-refractivity contribution >= 4 is 12.0 Å². The highest BCUT2D eigenvalue weighted by Crippen LogP contribution is 1.98. The first-order valence-corrected chi connectivity index (χ1v) is 5.95. The summed E-state index contributed by atoms with van der Waals surface area (Å²) in [5.41, 5.74) is 0.641. The molecule has 0 aliphatic rings. The van der Waals surface area contributed by atoms with Crippen molar-refractivity contribution in [3.8, 4) is 0 Å². The van der Waals surface area contributed by atoms with Crippen LogP contribution in [-0.2, 0) is 16.0 Å². The number of hydrogen-bond acceptors (Lipinski definition) is 4. The lowest BCUT2D eigenvalue weighted by Gasteiger charge is -2.14. The van der Waals surface area contributed by atoms with E-state index in [0.29, 0.717) is 25.5 Å². The molecule has 0 aliphatic carbocycles. The Balaban J connectivity index is 2.36. The van der Waals surface area contributed by atoms with E-state index in [0.717, 1.165) is 0 Å². The number of hydrogen-bond donors (Lipinski definition) is 4. The van der Waals surface area contributed by atoms with E-state index in [4.69, 9.17) is 9.84 Å². The Labute approximate surface area is 110 Å². The molecule has 0 saturated carbocycles. The van der Waals surface area contributed by atoms with Crippen LogP contribution in [0.3, 0.4) is 0 Å². The molecule has 4 N–H and O–H groups in total. The Morgan fingerprint density at radius 2 is 2.37 bits per heavy atom. The van der Waals surface area contributed by atoms with Gasteiger partial charge in [0, 0.05) is 31.5 Å². The maximum absolute atomic E-state index is 11.5. The third kappa shape index (κ3) is 5.87. The highest BCUT2D eigenvalue weighted by atomic mass is 16.5. The number of carboxylic acids is 1. The number of urea groups is 1. The Morgan fingerprint density at radius 1 is 1.58 bits per heavy atom. The summed E-state index contributed by atoms with van der Waals surface area (Å²) in [5.74, 6) is -1.10. The Morgan fingerprint density at radius 3 is 2.95 bits per heavy atom. The molecule has 0 bridgehead atoms. The van der Waals surface area contributed by atoms with Crippen LogP contribution >= 0.6 is 0 Å². The number of carbonyl (C=O) groups excluding carboxylic acids is 1. The van der Waals surface area contributed by atoms with Crippen molar-refractivity contribution < 1.29 is 19.4 Å². The van der Waals surface area contributed by atoms with Gasteiger partial charge in [-0.25, -0.2) is 14.6 Å². The largest absolute Gasteiger partial charge is 0.480 e. The van der Waals surface area contributed by atoms with Gasteiger partial charge in [-0.1, -0.05) is 0 Å². The molecule has 2 amide bonds. The minimum atomic E-state index is -1.10. The van der Waals surface area contributed by atoms with Crippen molar-refractivity contribution in [2.24, 2.45) is 0 Å². The van der Waals surface area contributed by atoms with Crippen molar-refractivity contribution in [1.82, 2.24) is 20.6 Å². The highest BCUT2D eigenvalue weighted by Gasteiger charge is 2.20. The summed E-state index contributed by atoms with van der Waals surface area (Å²) in [4.78, 5) is 29.1. The average molecular weight is 270 g/mol. The number of aliphatic carboxylic acids is 1. The second-order valence-corrected chi connectivity index (χ2v) is 3.77. The van der Waals surface area contributed by atoms with Crippen LogP contribution in [0, 0.1) is 0 Å².